The van der Waals surface area contributed by atoms with Gasteiger partial charge in [0.2, 0.25) is 5.91 Å². The third-order valence-electron chi connectivity index (χ3n) is 4.49. The predicted octanol–water partition coefficient (Wildman–Crippen LogP) is 6.01. The van der Waals surface area contributed by atoms with Gasteiger partial charge in [0.15, 0.2) is 10.9 Å². The van der Waals surface area contributed by atoms with E-state index in [9.17, 15) is 9.59 Å². The molecule has 0 aliphatic heterocycles. The van der Waals surface area contributed by atoms with Crippen LogP contribution in [0.15, 0.2) is 71.1 Å². The van der Waals surface area contributed by atoms with Crippen molar-refractivity contribution in [2.45, 2.75) is 11.3 Å². The Bertz CT molecular complexity index is 1310. The largest absolute Gasteiger partial charge is 0.484 e. The maximum Gasteiger partial charge on any atom is 0.262 e. The fraction of sp³-hybridized carbons (Fsp3) is 0.125. The number of benzene rings is 3. The van der Waals surface area contributed by atoms with E-state index in [0.29, 0.717) is 22.1 Å². The number of rotatable bonds is 8. The van der Waals surface area contributed by atoms with Crippen molar-refractivity contribution in [3.8, 4) is 5.75 Å². The summed E-state index contributed by atoms with van der Waals surface area (Å²) in [5.41, 5.74) is 3.12. The molecule has 4 rings (SSSR count). The van der Waals surface area contributed by atoms with Gasteiger partial charge >= 0.3 is 0 Å². The lowest BCUT2D eigenvalue weighted by Gasteiger charge is -2.08. The molecular weight excluding hydrogens is 478 g/mol. The van der Waals surface area contributed by atoms with Gasteiger partial charge in [-0.25, -0.2) is 4.98 Å². The van der Waals surface area contributed by atoms with Gasteiger partial charge in [0.05, 0.1) is 26.7 Å². The minimum Gasteiger partial charge on any atom is -0.484 e. The highest BCUT2D eigenvalue weighted by atomic mass is 35.5. The van der Waals surface area contributed by atoms with E-state index in [2.05, 4.69) is 15.6 Å². The Kier molecular flexibility index (Phi) is 7.49. The van der Waals surface area contributed by atoms with Gasteiger partial charge in [0, 0.05) is 5.69 Å². The van der Waals surface area contributed by atoms with Gasteiger partial charge in [-0.05, 0) is 55.0 Å². The Morgan fingerprint density at radius 1 is 1.03 bits per heavy atom. The van der Waals surface area contributed by atoms with E-state index in [1.165, 1.54) is 23.1 Å². The number of aryl methyl sites for hydroxylation is 1. The molecule has 2 amide bonds. The summed E-state index contributed by atoms with van der Waals surface area (Å²) in [6.07, 6.45) is 0. The van der Waals surface area contributed by atoms with Crippen LogP contribution < -0.4 is 15.4 Å². The number of amides is 2. The minimum absolute atomic E-state index is 0.0776. The van der Waals surface area contributed by atoms with Gasteiger partial charge in [-0.2, -0.15) is 0 Å². The zero-order chi connectivity index (χ0) is 23.2. The number of anilines is 2. The van der Waals surface area contributed by atoms with Crippen LogP contribution in [0.5, 0.6) is 5.75 Å². The number of nitrogens with zero attached hydrogens (tertiary/aromatic N) is 1. The van der Waals surface area contributed by atoms with Crippen LogP contribution >= 0.6 is 34.7 Å². The number of carbonyl (C=O) groups excluding carboxylic acids is 2. The molecule has 0 saturated carbocycles. The summed E-state index contributed by atoms with van der Waals surface area (Å²) in [7, 11) is 0. The van der Waals surface area contributed by atoms with Crippen molar-refractivity contribution in [3.63, 3.8) is 0 Å². The summed E-state index contributed by atoms with van der Waals surface area (Å²) in [5.74, 6) is 0.466. The molecule has 0 radical (unpaired) electrons. The molecule has 0 spiro atoms. The number of thioether (sulfide) groups is 1. The summed E-state index contributed by atoms with van der Waals surface area (Å²) in [4.78, 5) is 29.0. The maximum atomic E-state index is 12.3. The first-order valence-electron chi connectivity index (χ1n) is 10.0. The van der Waals surface area contributed by atoms with Crippen molar-refractivity contribution in [1.29, 1.82) is 0 Å². The fourth-order valence-corrected chi connectivity index (χ4v) is 5.06. The number of aromatic nitrogens is 1. The molecular formula is C24H20ClN3O3S2. The third kappa shape index (κ3) is 6.47. The lowest BCUT2D eigenvalue weighted by molar-refractivity contribution is -0.118. The van der Waals surface area contributed by atoms with Crippen LogP contribution in [0.3, 0.4) is 0 Å². The van der Waals surface area contributed by atoms with Gasteiger partial charge in [-0.15, -0.1) is 11.3 Å². The highest BCUT2D eigenvalue weighted by Crippen LogP contribution is 2.31. The predicted molar refractivity (Wildman–Crippen MR) is 136 cm³/mol. The van der Waals surface area contributed by atoms with Crippen LogP contribution in [0.25, 0.3) is 10.2 Å². The van der Waals surface area contributed by atoms with Gasteiger partial charge in [-0.3, -0.25) is 9.59 Å². The molecule has 9 heteroatoms. The zero-order valence-corrected chi connectivity index (χ0v) is 20.0. The SMILES string of the molecule is Cc1cccc(OCC(=O)Nc2ccc3nc(SCC(=O)Nc4ccccc4Cl)sc3c2)c1. The number of hydrogen-bond acceptors (Lipinski definition) is 6. The van der Waals surface area contributed by atoms with E-state index >= 15 is 0 Å². The first-order chi connectivity index (χ1) is 16.0. The first kappa shape index (κ1) is 23.1. The average molecular weight is 498 g/mol. The number of nitrogens with one attached hydrogen (secondary N) is 2. The Morgan fingerprint density at radius 2 is 1.88 bits per heavy atom. The Morgan fingerprint density at radius 3 is 2.70 bits per heavy atom. The second-order valence-electron chi connectivity index (χ2n) is 7.13. The van der Waals surface area contributed by atoms with Crippen molar-refractivity contribution in [1.82, 2.24) is 4.98 Å². The maximum absolute atomic E-state index is 12.3. The van der Waals surface area contributed by atoms with Gasteiger partial charge in [0.1, 0.15) is 5.75 Å². The summed E-state index contributed by atoms with van der Waals surface area (Å²) in [5, 5.41) is 6.14. The number of thiazole rings is 1. The monoisotopic (exact) mass is 497 g/mol. The van der Waals surface area contributed by atoms with E-state index < -0.39 is 0 Å². The first-order valence-corrected chi connectivity index (χ1v) is 12.2. The topological polar surface area (TPSA) is 80.3 Å². The normalized spacial score (nSPS) is 10.7. The van der Waals surface area contributed by atoms with Crippen molar-refractivity contribution in [2.75, 3.05) is 23.0 Å². The standard InChI is InChI=1S/C24H20ClN3O3S2/c1-15-5-4-6-17(11-15)31-13-22(29)26-16-9-10-20-21(12-16)33-24(28-20)32-14-23(30)27-19-8-3-2-7-18(19)25/h2-12H,13-14H2,1H3,(H,26,29)(H,27,30). The number of ether oxygens (including phenoxy) is 1. The molecule has 0 aliphatic rings. The number of fused-ring (bicyclic) bond motifs is 1. The molecule has 6 nitrogen and oxygen atoms in total. The number of hydrogen-bond donors (Lipinski definition) is 2. The fourth-order valence-electron chi connectivity index (χ4n) is 2.97. The molecule has 0 aliphatic carbocycles. The molecule has 1 heterocycles. The van der Waals surface area contributed by atoms with Gasteiger partial charge < -0.3 is 15.4 Å². The molecule has 0 saturated heterocycles. The molecule has 33 heavy (non-hydrogen) atoms. The van der Waals surface area contributed by atoms with Crippen molar-refractivity contribution < 1.29 is 14.3 Å². The van der Waals surface area contributed by atoms with Crippen LogP contribution in [0.4, 0.5) is 11.4 Å². The van der Waals surface area contributed by atoms with Gasteiger partial charge in [0.25, 0.3) is 5.91 Å². The molecule has 2 N–H and O–H groups in total. The molecule has 0 unspecified atom stereocenters. The molecule has 0 bridgehead atoms. The Labute approximate surface area is 204 Å². The highest BCUT2D eigenvalue weighted by Gasteiger charge is 2.11. The van der Waals surface area contributed by atoms with Crippen molar-refractivity contribution >= 4 is 68.1 Å². The highest BCUT2D eigenvalue weighted by molar-refractivity contribution is 8.01. The van der Waals surface area contributed by atoms with Crippen LogP contribution in [-0.2, 0) is 9.59 Å². The lowest BCUT2D eigenvalue weighted by atomic mass is 10.2. The van der Waals surface area contributed by atoms with E-state index in [1.807, 2.05) is 55.5 Å². The zero-order valence-electron chi connectivity index (χ0n) is 17.6. The van der Waals surface area contributed by atoms with Crippen LogP contribution in [0.1, 0.15) is 5.56 Å². The second-order valence-corrected chi connectivity index (χ2v) is 9.79. The number of para-hydroxylation sites is 1. The summed E-state index contributed by atoms with van der Waals surface area (Å²) in [6.45, 7) is 1.89. The summed E-state index contributed by atoms with van der Waals surface area (Å²) < 4.78 is 7.23. The molecule has 4 aromatic rings. The van der Waals surface area contributed by atoms with Crippen molar-refractivity contribution in [3.05, 3.63) is 77.3 Å². The van der Waals surface area contributed by atoms with Gasteiger partial charge in [-0.1, -0.05) is 47.6 Å². The summed E-state index contributed by atoms with van der Waals surface area (Å²) in [6, 6.07) is 20.2. The number of halogens is 1. The second kappa shape index (κ2) is 10.7. The molecule has 168 valence electrons. The molecule has 0 atom stereocenters. The minimum atomic E-state index is -0.244. The smallest absolute Gasteiger partial charge is 0.262 e. The number of carbonyl (C=O) groups is 2. The van der Waals surface area contributed by atoms with Crippen molar-refractivity contribution in [2.24, 2.45) is 0 Å². The molecule has 1 aromatic heterocycles. The Balaban J connectivity index is 1.31. The van der Waals surface area contributed by atoms with E-state index in [1.54, 1.807) is 18.2 Å². The summed E-state index contributed by atoms with van der Waals surface area (Å²) >= 11 is 8.89. The Hall–Kier alpha value is -3.07. The average Bonchev–Trinajstić information content (AvgIpc) is 3.20. The third-order valence-corrected chi connectivity index (χ3v) is 6.98. The van der Waals surface area contributed by atoms with Crippen LogP contribution in [0, 0.1) is 6.92 Å². The van der Waals surface area contributed by atoms with E-state index in [-0.39, 0.29) is 24.2 Å². The molecule has 3 aromatic carbocycles. The molecule has 0 fully saturated rings. The van der Waals surface area contributed by atoms with Crippen LogP contribution in [0.2, 0.25) is 5.02 Å². The van der Waals surface area contributed by atoms with Crippen LogP contribution in [-0.4, -0.2) is 29.2 Å². The lowest BCUT2D eigenvalue weighted by Crippen LogP contribution is -2.20. The quantitative estimate of drug-likeness (QED) is 0.291. The van der Waals surface area contributed by atoms with E-state index in [0.717, 1.165) is 20.1 Å². The van der Waals surface area contributed by atoms with E-state index in [4.69, 9.17) is 16.3 Å².